The Morgan fingerprint density at radius 3 is 2.53 bits per heavy atom. The molecule has 7 heteroatoms. The van der Waals surface area contributed by atoms with E-state index >= 15 is 0 Å². The largest absolute Gasteiger partial charge is 0.431 e. The van der Waals surface area contributed by atoms with Gasteiger partial charge in [-0.3, -0.25) is 0 Å². The highest BCUT2D eigenvalue weighted by Gasteiger charge is 2.33. The van der Waals surface area contributed by atoms with Crippen molar-refractivity contribution in [2.45, 2.75) is 6.18 Å². The fourth-order valence-corrected chi connectivity index (χ4v) is 2.74. The van der Waals surface area contributed by atoms with Gasteiger partial charge < -0.3 is 4.98 Å². The Morgan fingerprint density at radius 2 is 2.06 bits per heavy atom. The van der Waals surface area contributed by atoms with Crippen molar-refractivity contribution in [2.24, 2.45) is 0 Å². The Bertz CT molecular complexity index is 591. The molecule has 2 nitrogen and oxygen atoms in total. The predicted octanol–water partition coefficient (Wildman–Crippen LogP) is 4.40. The lowest BCUT2D eigenvalue weighted by Crippen LogP contribution is -2.04. The molecule has 0 aliphatic carbocycles. The first-order chi connectivity index (χ1) is 7.91. The van der Waals surface area contributed by atoms with Gasteiger partial charge in [0.05, 0.1) is 19.9 Å². The average molecular weight is 321 g/mol. The van der Waals surface area contributed by atoms with Crippen LogP contribution < -0.4 is 0 Å². The highest BCUT2D eigenvalue weighted by atomic mass is 79.9. The second-order valence-corrected chi connectivity index (χ2v) is 5.65. The summed E-state index contributed by atoms with van der Waals surface area (Å²) in [6.45, 7) is 0. The van der Waals surface area contributed by atoms with E-state index in [1.54, 1.807) is 18.2 Å². The van der Waals surface area contributed by atoms with Crippen molar-refractivity contribution in [1.82, 2.24) is 4.98 Å². The SMILES string of the molecule is N#Cc1cc(C(F)(F)F)[nH]c1-c1ccc(Br)s1. The van der Waals surface area contributed by atoms with Crippen LogP contribution in [-0.2, 0) is 6.18 Å². The molecule has 17 heavy (non-hydrogen) atoms. The van der Waals surface area contributed by atoms with Crippen molar-refractivity contribution in [3.8, 4) is 16.6 Å². The predicted molar refractivity (Wildman–Crippen MR) is 61.5 cm³/mol. The minimum Gasteiger partial charge on any atom is -0.349 e. The van der Waals surface area contributed by atoms with E-state index in [1.165, 1.54) is 11.3 Å². The van der Waals surface area contributed by atoms with Crippen molar-refractivity contribution in [3.05, 3.63) is 33.2 Å². The lowest BCUT2D eigenvalue weighted by atomic mass is 10.2. The molecule has 0 fully saturated rings. The quantitative estimate of drug-likeness (QED) is 0.831. The van der Waals surface area contributed by atoms with E-state index in [4.69, 9.17) is 5.26 Å². The van der Waals surface area contributed by atoms with Gasteiger partial charge in [0.15, 0.2) is 0 Å². The first-order valence-electron chi connectivity index (χ1n) is 4.38. The molecule has 0 bridgehead atoms. The van der Waals surface area contributed by atoms with Gasteiger partial charge in [-0.15, -0.1) is 11.3 Å². The molecule has 0 aromatic carbocycles. The normalized spacial score (nSPS) is 11.5. The molecule has 0 atom stereocenters. The second kappa shape index (κ2) is 4.20. The highest BCUT2D eigenvalue weighted by Crippen LogP contribution is 2.36. The summed E-state index contributed by atoms with van der Waals surface area (Å²) in [5, 5.41) is 8.82. The zero-order valence-electron chi connectivity index (χ0n) is 8.10. The fraction of sp³-hybridized carbons (Fsp3) is 0.100. The monoisotopic (exact) mass is 320 g/mol. The van der Waals surface area contributed by atoms with Gasteiger partial charge in [-0.25, -0.2) is 0 Å². The third-order valence-corrected chi connectivity index (χ3v) is 3.70. The minimum atomic E-state index is -4.47. The molecule has 0 aliphatic rings. The molecular formula is C10H4BrF3N2S. The minimum absolute atomic E-state index is 0.00771. The Balaban J connectivity index is 2.55. The van der Waals surface area contributed by atoms with Gasteiger partial charge >= 0.3 is 6.18 Å². The van der Waals surface area contributed by atoms with Crippen LogP contribution in [0.3, 0.4) is 0 Å². The number of nitriles is 1. The van der Waals surface area contributed by atoms with Gasteiger partial charge in [-0.1, -0.05) is 0 Å². The van der Waals surface area contributed by atoms with Crippen molar-refractivity contribution < 1.29 is 13.2 Å². The zero-order valence-corrected chi connectivity index (χ0v) is 10.5. The molecule has 0 spiro atoms. The second-order valence-electron chi connectivity index (χ2n) is 3.19. The molecular weight excluding hydrogens is 317 g/mol. The van der Waals surface area contributed by atoms with Crippen LogP contribution in [0.25, 0.3) is 10.6 Å². The molecule has 2 aromatic heterocycles. The fourth-order valence-electron chi connectivity index (χ4n) is 1.34. The maximum Gasteiger partial charge on any atom is 0.431 e. The molecule has 0 unspecified atom stereocenters. The lowest BCUT2D eigenvalue weighted by Gasteiger charge is -2.01. The van der Waals surface area contributed by atoms with E-state index in [0.29, 0.717) is 4.88 Å². The molecule has 1 N–H and O–H groups in total. The van der Waals surface area contributed by atoms with Gasteiger partial charge in [0.25, 0.3) is 0 Å². The number of hydrogen-bond donors (Lipinski definition) is 1. The van der Waals surface area contributed by atoms with Crippen molar-refractivity contribution >= 4 is 27.3 Å². The number of nitrogens with one attached hydrogen (secondary N) is 1. The van der Waals surface area contributed by atoms with Gasteiger partial charge in [0.1, 0.15) is 11.8 Å². The summed E-state index contributed by atoms with van der Waals surface area (Å²) >= 11 is 4.48. The molecule has 0 amide bonds. The van der Waals surface area contributed by atoms with Crippen LogP contribution >= 0.6 is 27.3 Å². The summed E-state index contributed by atoms with van der Waals surface area (Å²) in [6.07, 6.45) is -4.47. The molecule has 2 rings (SSSR count). The number of rotatable bonds is 1. The van der Waals surface area contributed by atoms with Crippen LogP contribution in [-0.4, -0.2) is 4.98 Å². The third-order valence-electron chi connectivity index (χ3n) is 2.06. The van der Waals surface area contributed by atoms with E-state index in [1.807, 2.05) is 0 Å². The van der Waals surface area contributed by atoms with Gasteiger partial charge in [-0.05, 0) is 34.1 Å². The molecule has 88 valence electrons. The lowest BCUT2D eigenvalue weighted by molar-refractivity contribution is -0.140. The Labute approximate surface area is 107 Å². The van der Waals surface area contributed by atoms with Gasteiger partial charge in [0.2, 0.25) is 0 Å². The summed E-state index contributed by atoms with van der Waals surface area (Å²) in [4.78, 5) is 2.83. The van der Waals surface area contributed by atoms with Crippen LogP contribution in [0.2, 0.25) is 0 Å². The summed E-state index contributed by atoms with van der Waals surface area (Å²) < 4.78 is 38.3. The molecule has 0 saturated heterocycles. The van der Waals surface area contributed by atoms with Crippen LogP contribution in [0.4, 0.5) is 13.2 Å². The Hall–Kier alpha value is -1.26. The van der Waals surface area contributed by atoms with Crippen LogP contribution in [0, 0.1) is 11.3 Å². The number of nitrogens with zero attached hydrogens (tertiary/aromatic N) is 1. The summed E-state index contributed by atoms with van der Waals surface area (Å²) in [7, 11) is 0. The highest BCUT2D eigenvalue weighted by molar-refractivity contribution is 9.11. The van der Waals surface area contributed by atoms with E-state index in [2.05, 4.69) is 20.9 Å². The van der Waals surface area contributed by atoms with Crippen LogP contribution in [0.15, 0.2) is 22.0 Å². The van der Waals surface area contributed by atoms with E-state index in [0.717, 1.165) is 9.85 Å². The molecule has 0 radical (unpaired) electrons. The first-order valence-corrected chi connectivity index (χ1v) is 5.99. The standard InChI is InChI=1S/C10H4BrF3N2S/c11-8-2-1-6(17-8)9-5(4-15)3-7(16-9)10(12,13)14/h1-3,16H. The van der Waals surface area contributed by atoms with Crippen LogP contribution in [0.1, 0.15) is 11.3 Å². The number of aromatic nitrogens is 1. The summed E-state index contributed by atoms with van der Waals surface area (Å²) in [5.41, 5.74) is -0.712. The van der Waals surface area contributed by atoms with E-state index in [9.17, 15) is 13.2 Å². The molecule has 0 saturated carbocycles. The number of thiophene rings is 1. The molecule has 2 aromatic rings. The third kappa shape index (κ3) is 2.37. The summed E-state index contributed by atoms with van der Waals surface area (Å²) in [5.74, 6) is 0. The van der Waals surface area contributed by atoms with E-state index in [-0.39, 0.29) is 11.3 Å². The molecule has 2 heterocycles. The van der Waals surface area contributed by atoms with Gasteiger partial charge in [0, 0.05) is 0 Å². The smallest absolute Gasteiger partial charge is 0.349 e. The maximum absolute atomic E-state index is 12.5. The zero-order chi connectivity index (χ0) is 12.6. The molecule has 0 aliphatic heterocycles. The summed E-state index contributed by atoms with van der Waals surface area (Å²) in [6, 6.07) is 5.95. The number of H-pyrrole nitrogens is 1. The number of hydrogen-bond acceptors (Lipinski definition) is 2. The number of aromatic amines is 1. The van der Waals surface area contributed by atoms with Crippen LogP contribution in [0.5, 0.6) is 0 Å². The van der Waals surface area contributed by atoms with Crippen molar-refractivity contribution in [3.63, 3.8) is 0 Å². The Morgan fingerprint density at radius 1 is 1.35 bits per heavy atom. The van der Waals surface area contributed by atoms with Crippen molar-refractivity contribution in [2.75, 3.05) is 0 Å². The number of halogens is 4. The Kier molecular flexibility index (Phi) is 3.02. The van der Waals surface area contributed by atoms with E-state index < -0.39 is 11.9 Å². The number of alkyl halides is 3. The first kappa shape index (κ1) is 12.2. The average Bonchev–Trinajstić information content (AvgIpc) is 2.81. The van der Waals surface area contributed by atoms with Gasteiger partial charge in [-0.2, -0.15) is 18.4 Å². The maximum atomic E-state index is 12.5. The van der Waals surface area contributed by atoms with Crippen molar-refractivity contribution in [1.29, 1.82) is 5.26 Å². The topological polar surface area (TPSA) is 39.6 Å².